The summed E-state index contributed by atoms with van der Waals surface area (Å²) in [6.07, 6.45) is 0.652. The second-order valence-electron chi connectivity index (χ2n) is 4.81. The second-order valence-corrected chi connectivity index (χ2v) is 6.67. The molecule has 0 aliphatic rings. The van der Waals surface area contributed by atoms with Crippen LogP contribution < -0.4 is 0 Å². The Morgan fingerprint density at radius 3 is 2.52 bits per heavy atom. The van der Waals surface area contributed by atoms with Crippen molar-refractivity contribution < 1.29 is 17.9 Å². The molecular formula is C15H20FNO3S. The summed E-state index contributed by atoms with van der Waals surface area (Å²) in [6, 6.07) is 3.48. The maximum absolute atomic E-state index is 14.1. The van der Waals surface area contributed by atoms with Crippen LogP contribution >= 0.6 is 0 Å². The first-order valence-corrected chi connectivity index (χ1v) is 8.19. The number of aliphatic hydroxyl groups is 1. The van der Waals surface area contributed by atoms with Gasteiger partial charge in [-0.05, 0) is 38.5 Å². The van der Waals surface area contributed by atoms with E-state index in [0.717, 1.165) is 6.07 Å². The summed E-state index contributed by atoms with van der Waals surface area (Å²) >= 11 is 0. The van der Waals surface area contributed by atoms with Crippen molar-refractivity contribution in [2.75, 3.05) is 13.2 Å². The Kier molecular flexibility index (Phi) is 6.34. The highest BCUT2D eigenvalue weighted by atomic mass is 32.2. The maximum Gasteiger partial charge on any atom is 0.246 e. The van der Waals surface area contributed by atoms with Gasteiger partial charge in [-0.1, -0.05) is 18.8 Å². The van der Waals surface area contributed by atoms with Gasteiger partial charge in [0.1, 0.15) is 17.3 Å². The number of halogens is 1. The highest BCUT2D eigenvalue weighted by molar-refractivity contribution is 7.89. The molecule has 0 amide bonds. The molecule has 0 saturated heterocycles. The third-order valence-electron chi connectivity index (χ3n) is 2.85. The van der Waals surface area contributed by atoms with Gasteiger partial charge in [0.05, 0.1) is 0 Å². The lowest BCUT2D eigenvalue weighted by atomic mass is 10.2. The van der Waals surface area contributed by atoms with Crippen LogP contribution in [0, 0.1) is 17.7 Å². The van der Waals surface area contributed by atoms with E-state index in [4.69, 9.17) is 5.11 Å². The zero-order chi connectivity index (χ0) is 16.0. The Labute approximate surface area is 125 Å². The highest BCUT2D eigenvalue weighted by Crippen LogP contribution is 2.22. The average Bonchev–Trinajstić information content (AvgIpc) is 2.41. The van der Waals surface area contributed by atoms with Gasteiger partial charge in [0.2, 0.25) is 10.0 Å². The molecule has 0 heterocycles. The lowest BCUT2D eigenvalue weighted by Crippen LogP contribution is -2.37. The van der Waals surface area contributed by atoms with Crippen LogP contribution in [0.5, 0.6) is 0 Å². The Morgan fingerprint density at radius 2 is 2.05 bits per heavy atom. The Morgan fingerprint density at radius 1 is 1.38 bits per heavy atom. The van der Waals surface area contributed by atoms with Gasteiger partial charge in [-0.15, -0.1) is 0 Å². The van der Waals surface area contributed by atoms with Gasteiger partial charge < -0.3 is 5.11 Å². The molecule has 0 radical (unpaired) electrons. The Bertz CT molecular complexity index is 645. The van der Waals surface area contributed by atoms with Gasteiger partial charge in [0, 0.05) is 18.2 Å². The summed E-state index contributed by atoms with van der Waals surface area (Å²) < 4.78 is 40.4. The number of aliphatic hydroxyl groups excluding tert-OH is 1. The number of rotatable bonds is 5. The minimum Gasteiger partial charge on any atom is -0.384 e. The van der Waals surface area contributed by atoms with Crippen LogP contribution in [0.1, 0.15) is 32.8 Å². The monoisotopic (exact) mass is 313 g/mol. The molecule has 1 aromatic carbocycles. The molecule has 1 aromatic rings. The first-order chi connectivity index (χ1) is 9.84. The summed E-state index contributed by atoms with van der Waals surface area (Å²) in [6.45, 7) is 5.39. The van der Waals surface area contributed by atoms with Gasteiger partial charge in [0.15, 0.2) is 0 Å². The maximum atomic E-state index is 14.1. The van der Waals surface area contributed by atoms with Gasteiger partial charge in [-0.25, -0.2) is 12.8 Å². The van der Waals surface area contributed by atoms with E-state index in [-0.39, 0.29) is 17.5 Å². The summed E-state index contributed by atoms with van der Waals surface area (Å²) in [4.78, 5) is -0.348. The largest absolute Gasteiger partial charge is 0.384 e. The van der Waals surface area contributed by atoms with E-state index in [1.165, 1.54) is 16.4 Å². The second kappa shape index (κ2) is 7.55. The smallest absolute Gasteiger partial charge is 0.246 e. The Hall–Kier alpha value is -1.42. The third-order valence-corrected chi connectivity index (χ3v) is 4.96. The normalized spacial score (nSPS) is 11.6. The summed E-state index contributed by atoms with van der Waals surface area (Å²) in [5.74, 6) is 4.10. The first kappa shape index (κ1) is 17.6. The fourth-order valence-corrected chi connectivity index (χ4v) is 3.71. The summed E-state index contributed by atoms with van der Waals surface area (Å²) in [5, 5.41) is 8.60. The van der Waals surface area contributed by atoms with Crippen LogP contribution in [0.4, 0.5) is 4.39 Å². The first-order valence-electron chi connectivity index (χ1n) is 6.75. The molecule has 116 valence electrons. The number of sulfonamides is 1. The minimum atomic E-state index is -3.87. The van der Waals surface area contributed by atoms with Crippen molar-refractivity contribution in [3.63, 3.8) is 0 Å². The molecule has 0 aliphatic heterocycles. The summed E-state index contributed by atoms with van der Waals surface area (Å²) in [7, 11) is -3.87. The summed E-state index contributed by atoms with van der Waals surface area (Å²) in [5.41, 5.74) is 0.326. The lowest BCUT2D eigenvalue weighted by molar-refractivity contribution is 0.350. The minimum absolute atomic E-state index is 0.247. The van der Waals surface area contributed by atoms with Gasteiger partial charge >= 0.3 is 0 Å². The van der Waals surface area contributed by atoms with E-state index in [1.807, 2.05) is 6.92 Å². The fraction of sp³-hybridized carbons (Fsp3) is 0.467. The topological polar surface area (TPSA) is 57.6 Å². The molecule has 21 heavy (non-hydrogen) atoms. The molecule has 0 aliphatic carbocycles. The number of hydrogen-bond donors (Lipinski definition) is 1. The van der Waals surface area contributed by atoms with Crippen LogP contribution in [0.25, 0.3) is 0 Å². The number of hydrogen-bond acceptors (Lipinski definition) is 3. The molecule has 1 rings (SSSR count). The van der Waals surface area contributed by atoms with E-state index < -0.39 is 15.8 Å². The lowest BCUT2D eigenvalue weighted by Gasteiger charge is -2.25. The van der Waals surface area contributed by atoms with Crippen LogP contribution in [-0.4, -0.2) is 37.0 Å². The molecule has 0 spiro atoms. The van der Waals surface area contributed by atoms with Crippen molar-refractivity contribution in [3.05, 3.63) is 29.6 Å². The van der Waals surface area contributed by atoms with Crippen LogP contribution in [0.2, 0.25) is 0 Å². The Balaban J connectivity index is 3.25. The van der Waals surface area contributed by atoms with Crippen molar-refractivity contribution >= 4 is 10.0 Å². The van der Waals surface area contributed by atoms with Crippen molar-refractivity contribution in [3.8, 4) is 11.8 Å². The van der Waals surface area contributed by atoms with E-state index in [0.29, 0.717) is 18.5 Å². The highest BCUT2D eigenvalue weighted by Gasteiger charge is 2.28. The molecule has 0 unspecified atom stereocenters. The molecule has 1 N–H and O–H groups in total. The molecule has 0 bridgehead atoms. The fourth-order valence-electron chi connectivity index (χ4n) is 1.93. The van der Waals surface area contributed by atoms with Crippen LogP contribution in [0.3, 0.4) is 0 Å². The predicted molar refractivity (Wildman–Crippen MR) is 79.7 cm³/mol. The van der Waals surface area contributed by atoms with Crippen LogP contribution in [-0.2, 0) is 10.0 Å². The molecule has 0 saturated carbocycles. The van der Waals surface area contributed by atoms with Crippen molar-refractivity contribution in [1.29, 1.82) is 0 Å². The van der Waals surface area contributed by atoms with E-state index in [1.54, 1.807) is 13.8 Å². The van der Waals surface area contributed by atoms with Crippen molar-refractivity contribution in [2.24, 2.45) is 0 Å². The van der Waals surface area contributed by atoms with Gasteiger partial charge in [0.25, 0.3) is 0 Å². The van der Waals surface area contributed by atoms with E-state index in [9.17, 15) is 12.8 Å². The van der Waals surface area contributed by atoms with E-state index >= 15 is 0 Å². The molecule has 0 atom stereocenters. The van der Waals surface area contributed by atoms with Gasteiger partial charge in [-0.3, -0.25) is 0 Å². The number of nitrogens with zero attached hydrogens (tertiary/aromatic N) is 1. The molecule has 0 fully saturated rings. The molecular weight excluding hydrogens is 293 g/mol. The average molecular weight is 313 g/mol. The van der Waals surface area contributed by atoms with Gasteiger partial charge in [-0.2, -0.15) is 4.31 Å². The zero-order valence-corrected chi connectivity index (χ0v) is 13.2. The number of benzene rings is 1. The zero-order valence-electron chi connectivity index (χ0n) is 12.4. The molecule has 6 heteroatoms. The van der Waals surface area contributed by atoms with E-state index in [2.05, 4.69) is 11.8 Å². The van der Waals surface area contributed by atoms with Crippen molar-refractivity contribution in [2.45, 2.75) is 38.1 Å². The standard InChI is InChI=1S/C15H20FNO3S/c1-4-9-17(12(2)3)21(19,20)15-8-7-13(6-5-10-18)11-14(15)16/h7-8,11-12,18H,4,9-10H2,1-3H3. The van der Waals surface area contributed by atoms with Crippen LogP contribution in [0.15, 0.2) is 23.1 Å². The SMILES string of the molecule is CCCN(C(C)C)S(=O)(=O)c1ccc(C#CCO)cc1F. The predicted octanol–water partition coefficient (Wildman–Crippen LogP) is 1.98. The quantitative estimate of drug-likeness (QED) is 0.846. The van der Waals surface area contributed by atoms with Crippen molar-refractivity contribution in [1.82, 2.24) is 4.31 Å². The molecule has 4 nitrogen and oxygen atoms in total. The molecule has 0 aromatic heterocycles. The third kappa shape index (κ3) is 4.27.